The second kappa shape index (κ2) is 8.59. The van der Waals surface area contributed by atoms with Crippen LogP contribution in [0.3, 0.4) is 0 Å². The zero-order chi connectivity index (χ0) is 14.0. The number of benzene rings is 1. The summed E-state index contributed by atoms with van der Waals surface area (Å²) in [6.45, 7) is 1.37. The lowest BCUT2D eigenvalue weighted by atomic mass is 9.98. The van der Waals surface area contributed by atoms with Crippen LogP contribution < -0.4 is 5.32 Å². The SMILES string of the molecule is O=C(NCCOC1CCCCC1)OCc1ccccc1. The van der Waals surface area contributed by atoms with Gasteiger partial charge in [-0.25, -0.2) is 4.79 Å². The lowest BCUT2D eigenvalue weighted by Gasteiger charge is -2.21. The number of amides is 1. The Labute approximate surface area is 120 Å². The first kappa shape index (κ1) is 14.9. The van der Waals surface area contributed by atoms with Crippen molar-refractivity contribution in [2.24, 2.45) is 0 Å². The van der Waals surface area contributed by atoms with Crippen molar-refractivity contribution in [3.05, 3.63) is 35.9 Å². The number of carbonyl (C=O) groups is 1. The van der Waals surface area contributed by atoms with Gasteiger partial charge in [0.2, 0.25) is 0 Å². The summed E-state index contributed by atoms with van der Waals surface area (Å²) in [6, 6.07) is 9.65. The van der Waals surface area contributed by atoms with E-state index in [0.717, 1.165) is 18.4 Å². The van der Waals surface area contributed by atoms with Gasteiger partial charge in [0.1, 0.15) is 6.61 Å². The molecule has 1 aromatic carbocycles. The van der Waals surface area contributed by atoms with Crippen molar-refractivity contribution in [1.29, 1.82) is 0 Å². The van der Waals surface area contributed by atoms with E-state index in [9.17, 15) is 4.79 Å². The molecule has 0 heterocycles. The highest BCUT2D eigenvalue weighted by Gasteiger charge is 2.13. The van der Waals surface area contributed by atoms with E-state index in [1.54, 1.807) is 0 Å². The fourth-order valence-corrected chi connectivity index (χ4v) is 2.38. The smallest absolute Gasteiger partial charge is 0.407 e. The molecule has 1 N–H and O–H groups in total. The molecule has 0 atom stereocenters. The van der Waals surface area contributed by atoms with Gasteiger partial charge in [-0.2, -0.15) is 0 Å². The normalized spacial score (nSPS) is 15.8. The van der Waals surface area contributed by atoms with Crippen molar-refractivity contribution in [3.63, 3.8) is 0 Å². The quantitative estimate of drug-likeness (QED) is 0.812. The number of ether oxygens (including phenoxy) is 2. The molecule has 1 amide bonds. The Hall–Kier alpha value is -1.55. The average molecular weight is 277 g/mol. The summed E-state index contributed by atoms with van der Waals surface area (Å²) in [5.41, 5.74) is 0.987. The molecule has 4 heteroatoms. The molecule has 0 aliphatic heterocycles. The van der Waals surface area contributed by atoms with Gasteiger partial charge in [-0.3, -0.25) is 0 Å². The van der Waals surface area contributed by atoms with Gasteiger partial charge >= 0.3 is 6.09 Å². The fraction of sp³-hybridized carbons (Fsp3) is 0.562. The summed E-state index contributed by atoms with van der Waals surface area (Å²) < 4.78 is 10.8. The Morgan fingerprint density at radius 1 is 1.15 bits per heavy atom. The highest BCUT2D eigenvalue weighted by atomic mass is 16.5. The van der Waals surface area contributed by atoms with Crippen LogP contribution >= 0.6 is 0 Å². The van der Waals surface area contributed by atoms with Gasteiger partial charge in [0, 0.05) is 6.54 Å². The van der Waals surface area contributed by atoms with Crippen molar-refractivity contribution >= 4 is 6.09 Å². The molecular weight excluding hydrogens is 254 g/mol. The van der Waals surface area contributed by atoms with Crippen LogP contribution in [0, 0.1) is 0 Å². The minimum absolute atomic E-state index is 0.302. The maximum Gasteiger partial charge on any atom is 0.407 e. The average Bonchev–Trinajstić information content (AvgIpc) is 2.52. The number of hydrogen-bond donors (Lipinski definition) is 1. The molecule has 1 aliphatic rings. The zero-order valence-corrected chi connectivity index (χ0v) is 11.8. The number of alkyl carbamates (subject to hydrolysis) is 1. The maximum atomic E-state index is 11.5. The van der Waals surface area contributed by atoms with Crippen molar-refractivity contribution in [2.75, 3.05) is 13.2 Å². The van der Waals surface area contributed by atoms with E-state index in [1.807, 2.05) is 30.3 Å². The largest absolute Gasteiger partial charge is 0.445 e. The van der Waals surface area contributed by atoms with Crippen molar-refractivity contribution in [1.82, 2.24) is 5.32 Å². The molecule has 20 heavy (non-hydrogen) atoms. The predicted octanol–water partition coefficient (Wildman–Crippen LogP) is 3.26. The minimum Gasteiger partial charge on any atom is -0.445 e. The molecule has 0 spiro atoms. The van der Waals surface area contributed by atoms with Crippen LogP contribution in [0.1, 0.15) is 37.7 Å². The van der Waals surface area contributed by atoms with Crippen LogP contribution in [-0.4, -0.2) is 25.3 Å². The topological polar surface area (TPSA) is 47.6 Å². The van der Waals surface area contributed by atoms with E-state index in [4.69, 9.17) is 9.47 Å². The molecular formula is C16H23NO3. The molecule has 0 saturated heterocycles. The van der Waals surface area contributed by atoms with Crippen LogP contribution in [0.2, 0.25) is 0 Å². The zero-order valence-electron chi connectivity index (χ0n) is 11.8. The van der Waals surface area contributed by atoms with Gasteiger partial charge in [0.25, 0.3) is 0 Å². The second-order valence-corrected chi connectivity index (χ2v) is 5.12. The Balaban J connectivity index is 1.51. The van der Waals surface area contributed by atoms with Crippen LogP contribution in [0.5, 0.6) is 0 Å². The molecule has 4 nitrogen and oxygen atoms in total. The molecule has 0 unspecified atom stereocenters. The first-order valence-corrected chi connectivity index (χ1v) is 7.41. The Kier molecular flexibility index (Phi) is 6.38. The van der Waals surface area contributed by atoms with Crippen molar-refractivity contribution in [3.8, 4) is 0 Å². The molecule has 0 radical (unpaired) electrons. The highest BCUT2D eigenvalue weighted by molar-refractivity contribution is 5.67. The molecule has 2 rings (SSSR count). The molecule has 1 aromatic rings. The van der Waals surface area contributed by atoms with Gasteiger partial charge in [0.15, 0.2) is 0 Å². The first-order valence-electron chi connectivity index (χ1n) is 7.41. The van der Waals surface area contributed by atoms with E-state index < -0.39 is 0 Å². The lowest BCUT2D eigenvalue weighted by molar-refractivity contribution is 0.0296. The van der Waals surface area contributed by atoms with Crippen LogP contribution in [0.25, 0.3) is 0 Å². The van der Waals surface area contributed by atoms with Crippen molar-refractivity contribution in [2.45, 2.75) is 44.8 Å². The van der Waals surface area contributed by atoms with E-state index in [2.05, 4.69) is 5.32 Å². The van der Waals surface area contributed by atoms with E-state index in [-0.39, 0.29) is 6.09 Å². The molecule has 0 aromatic heterocycles. The summed E-state index contributed by atoms with van der Waals surface area (Å²) in [5, 5.41) is 2.71. The lowest BCUT2D eigenvalue weighted by Crippen LogP contribution is -2.29. The van der Waals surface area contributed by atoms with Gasteiger partial charge in [-0.1, -0.05) is 49.6 Å². The van der Waals surface area contributed by atoms with Gasteiger partial charge in [-0.15, -0.1) is 0 Å². The Morgan fingerprint density at radius 3 is 2.65 bits per heavy atom. The minimum atomic E-state index is -0.388. The number of hydrogen-bond acceptors (Lipinski definition) is 3. The van der Waals surface area contributed by atoms with Gasteiger partial charge in [0.05, 0.1) is 12.7 Å². The summed E-state index contributed by atoms with van der Waals surface area (Å²) >= 11 is 0. The van der Waals surface area contributed by atoms with Crippen molar-refractivity contribution < 1.29 is 14.3 Å². The number of rotatable bonds is 6. The van der Waals surface area contributed by atoms with Gasteiger partial charge in [-0.05, 0) is 18.4 Å². The fourth-order valence-electron chi connectivity index (χ4n) is 2.38. The first-order chi connectivity index (χ1) is 9.84. The number of carbonyl (C=O) groups excluding carboxylic acids is 1. The molecule has 1 fully saturated rings. The summed E-state index contributed by atoms with van der Waals surface area (Å²) in [6.07, 6.45) is 6.14. The van der Waals surface area contributed by atoms with Crippen LogP contribution in [0.15, 0.2) is 30.3 Å². The third kappa shape index (κ3) is 5.61. The monoisotopic (exact) mass is 277 g/mol. The third-order valence-corrected chi connectivity index (χ3v) is 3.49. The molecule has 110 valence electrons. The van der Waals surface area contributed by atoms with Crippen LogP contribution in [-0.2, 0) is 16.1 Å². The van der Waals surface area contributed by atoms with E-state index >= 15 is 0 Å². The predicted molar refractivity (Wildman–Crippen MR) is 77.5 cm³/mol. The summed E-state index contributed by atoms with van der Waals surface area (Å²) in [4.78, 5) is 11.5. The number of nitrogens with one attached hydrogen (secondary N) is 1. The summed E-state index contributed by atoms with van der Waals surface area (Å²) in [7, 11) is 0. The van der Waals surface area contributed by atoms with Gasteiger partial charge < -0.3 is 14.8 Å². The maximum absolute atomic E-state index is 11.5. The third-order valence-electron chi connectivity index (χ3n) is 3.49. The standard InChI is InChI=1S/C16H23NO3/c18-16(20-13-14-7-3-1-4-8-14)17-11-12-19-15-9-5-2-6-10-15/h1,3-4,7-8,15H,2,5-6,9-13H2,(H,17,18). The second-order valence-electron chi connectivity index (χ2n) is 5.12. The highest BCUT2D eigenvalue weighted by Crippen LogP contribution is 2.19. The molecule has 1 aliphatic carbocycles. The molecule has 1 saturated carbocycles. The van der Waals surface area contributed by atoms with E-state index in [1.165, 1.54) is 19.3 Å². The Bertz CT molecular complexity index is 388. The van der Waals surface area contributed by atoms with E-state index in [0.29, 0.717) is 25.9 Å². The summed E-state index contributed by atoms with van der Waals surface area (Å²) in [5.74, 6) is 0. The Morgan fingerprint density at radius 2 is 1.90 bits per heavy atom. The van der Waals surface area contributed by atoms with Crippen LogP contribution in [0.4, 0.5) is 4.79 Å². The molecule has 0 bridgehead atoms.